The summed E-state index contributed by atoms with van der Waals surface area (Å²) in [5.74, 6) is 0.726. The van der Waals surface area contributed by atoms with Gasteiger partial charge in [-0.2, -0.15) is 0 Å². The van der Waals surface area contributed by atoms with E-state index in [0.717, 1.165) is 5.56 Å². The number of amides is 1. The van der Waals surface area contributed by atoms with E-state index in [0.29, 0.717) is 25.3 Å². The van der Waals surface area contributed by atoms with Gasteiger partial charge in [0, 0.05) is 24.4 Å². The number of benzene rings is 1. The van der Waals surface area contributed by atoms with E-state index in [9.17, 15) is 9.90 Å². The molecule has 0 spiro atoms. The third-order valence-electron chi connectivity index (χ3n) is 2.75. The summed E-state index contributed by atoms with van der Waals surface area (Å²) in [5, 5.41) is 12.8. The minimum absolute atomic E-state index is 0.0335. The van der Waals surface area contributed by atoms with E-state index in [-0.39, 0.29) is 17.6 Å². The third-order valence-corrected chi connectivity index (χ3v) is 2.75. The van der Waals surface area contributed by atoms with Gasteiger partial charge in [-0.3, -0.25) is 4.79 Å². The lowest BCUT2D eigenvalue weighted by molar-refractivity contribution is -0.119. The van der Waals surface area contributed by atoms with Gasteiger partial charge in [-0.15, -0.1) is 0 Å². The van der Waals surface area contributed by atoms with E-state index in [1.54, 1.807) is 6.07 Å². The largest absolute Gasteiger partial charge is 0.504 e. The number of aromatic hydroxyl groups is 1. The predicted octanol–water partition coefficient (Wildman–Crippen LogP) is 1.39. The van der Waals surface area contributed by atoms with Gasteiger partial charge in [0.1, 0.15) is 0 Å². The topological polar surface area (TPSA) is 58.6 Å². The summed E-state index contributed by atoms with van der Waals surface area (Å²) < 4.78 is 5.31. The van der Waals surface area contributed by atoms with Gasteiger partial charge in [0.15, 0.2) is 11.5 Å². The second-order valence-electron chi connectivity index (χ2n) is 3.83. The number of hydrogen-bond acceptors (Lipinski definition) is 3. The summed E-state index contributed by atoms with van der Waals surface area (Å²) in [6.07, 6.45) is 0.434. The van der Waals surface area contributed by atoms with Crippen molar-refractivity contribution in [3.63, 3.8) is 0 Å². The van der Waals surface area contributed by atoms with Crippen LogP contribution in [-0.4, -0.2) is 24.2 Å². The van der Waals surface area contributed by atoms with Crippen molar-refractivity contribution in [1.82, 2.24) is 5.32 Å². The minimum atomic E-state index is 0.0335. The lowest BCUT2D eigenvalue weighted by atomic mass is 9.97. The lowest BCUT2D eigenvalue weighted by Gasteiger charge is -2.13. The van der Waals surface area contributed by atoms with E-state index < -0.39 is 0 Å². The predicted molar refractivity (Wildman–Crippen MR) is 59.6 cm³/mol. The van der Waals surface area contributed by atoms with Crippen LogP contribution in [0.25, 0.3) is 0 Å². The molecule has 1 heterocycles. The Morgan fingerprint density at radius 2 is 2.38 bits per heavy atom. The van der Waals surface area contributed by atoms with Crippen LogP contribution in [0.4, 0.5) is 0 Å². The van der Waals surface area contributed by atoms with Gasteiger partial charge >= 0.3 is 0 Å². The normalized spacial score (nSPS) is 19.6. The van der Waals surface area contributed by atoms with Gasteiger partial charge in [-0.05, 0) is 13.0 Å². The van der Waals surface area contributed by atoms with Crippen molar-refractivity contribution in [3.05, 3.63) is 23.8 Å². The molecule has 1 amide bonds. The van der Waals surface area contributed by atoms with E-state index in [4.69, 9.17) is 4.74 Å². The molecule has 1 aromatic rings. The number of carbonyl (C=O) groups is 1. The highest BCUT2D eigenvalue weighted by Crippen LogP contribution is 2.36. The Bertz CT molecular complexity index is 403. The monoisotopic (exact) mass is 221 g/mol. The molecule has 0 bridgehead atoms. The van der Waals surface area contributed by atoms with Crippen molar-refractivity contribution in [1.29, 1.82) is 0 Å². The molecule has 0 aromatic heterocycles. The highest BCUT2D eigenvalue weighted by molar-refractivity contribution is 5.79. The van der Waals surface area contributed by atoms with Crippen molar-refractivity contribution in [2.24, 2.45) is 0 Å². The maximum Gasteiger partial charge on any atom is 0.220 e. The molecular weight excluding hydrogens is 206 g/mol. The summed E-state index contributed by atoms with van der Waals surface area (Å²) in [7, 11) is 0. The average molecular weight is 221 g/mol. The Hall–Kier alpha value is -1.71. The zero-order valence-corrected chi connectivity index (χ0v) is 9.19. The van der Waals surface area contributed by atoms with Crippen molar-refractivity contribution in [2.75, 3.05) is 13.2 Å². The number of ether oxygens (including phenoxy) is 1. The van der Waals surface area contributed by atoms with E-state index in [2.05, 4.69) is 5.32 Å². The second-order valence-corrected chi connectivity index (χ2v) is 3.83. The number of phenols is 1. The first kappa shape index (κ1) is 10.8. The number of hydrogen-bond donors (Lipinski definition) is 2. The first-order valence-corrected chi connectivity index (χ1v) is 5.43. The van der Waals surface area contributed by atoms with Crippen molar-refractivity contribution < 1.29 is 14.6 Å². The molecule has 0 aliphatic carbocycles. The molecule has 4 nitrogen and oxygen atoms in total. The number of para-hydroxylation sites is 1. The molecule has 86 valence electrons. The van der Waals surface area contributed by atoms with E-state index in [1.165, 1.54) is 0 Å². The molecule has 2 rings (SSSR count). The quantitative estimate of drug-likeness (QED) is 0.811. The van der Waals surface area contributed by atoms with Gasteiger partial charge in [0.25, 0.3) is 0 Å². The molecule has 0 saturated carbocycles. The van der Waals surface area contributed by atoms with E-state index >= 15 is 0 Å². The van der Waals surface area contributed by atoms with E-state index in [1.807, 2.05) is 19.1 Å². The minimum Gasteiger partial charge on any atom is -0.504 e. The molecule has 0 radical (unpaired) electrons. The molecule has 2 N–H and O–H groups in total. The standard InChI is InChI=1S/C12H15NO3/c1-2-16-10-5-3-4-9(12(10)15)8-6-11(14)13-7-8/h3-5,8,15H,2,6-7H2,1H3,(H,13,14). The molecule has 16 heavy (non-hydrogen) atoms. The molecule has 4 heteroatoms. The summed E-state index contributed by atoms with van der Waals surface area (Å²) in [5.41, 5.74) is 0.782. The maximum absolute atomic E-state index is 11.1. The van der Waals surface area contributed by atoms with Crippen molar-refractivity contribution in [2.45, 2.75) is 19.3 Å². The zero-order chi connectivity index (χ0) is 11.5. The van der Waals surface area contributed by atoms with Crippen LogP contribution in [0.1, 0.15) is 24.8 Å². The van der Waals surface area contributed by atoms with Crippen LogP contribution >= 0.6 is 0 Å². The molecule has 1 fully saturated rings. The molecule has 1 aliphatic heterocycles. The summed E-state index contributed by atoms with van der Waals surface area (Å²) in [6, 6.07) is 5.40. The van der Waals surface area contributed by atoms with Crippen LogP contribution in [0.3, 0.4) is 0 Å². The van der Waals surface area contributed by atoms with Crippen molar-refractivity contribution in [3.8, 4) is 11.5 Å². The van der Waals surface area contributed by atoms with Crippen LogP contribution in [0.15, 0.2) is 18.2 Å². The van der Waals surface area contributed by atoms with Gasteiger partial charge in [0.2, 0.25) is 5.91 Å². The fraction of sp³-hybridized carbons (Fsp3) is 0.417. The van der Waals surface area contributed by atoms with Gasteiger partial charge in [0.05, 0.1) is 6.61 Å². The lowest BCUT2D eigenvalue weighted by Crippen LogP contribution is -2.13. The first-order valence-electron chi connectivity index (χ1n) is 5.43. The summed E-state index contributed by atoms with van der Waals surface area (Å²) >= 11 is 0. The second kappa shape index (κ2) is 4.43. The Labute approximate surface area is 94.2 Å². The maximum atomic E-state index is 11.1. The average Bonchev–Trinajstić information content (AvgIpc) is 2.68. The third kappa shape index (κ3) is 1.96. The number of nitrogens with one attached hydrogen (secondary N) is 1. The molecule has 1 unspecified atom stereocenters. The number of phenolic OH excluding ortho intramolecular Hbond substituents is 1. The van der Waals surface area contributed by atoms with Crippen LogP contribution in [0.5, 0.6) is 11.5 Å². The molecular formula is C12H15NO3. The molecule has 1 saturated heterocycles. The summed E-state index contributed by atoms with van der Waals surface area (Å²) in [4.78, 5) is 11.1. The Balaban J connectivity index is 2.27. The fourth-order valence-corrected chi connectivity index (χ4v) is 1.97. The molecule has 1 atom stereocenters. The van der Waals surface area contributed by atoms with Crippen LogP contribution in [0, 0.1) is 0 Å². The van der Waals surface area contributed by atoms with Gasteiger partial charge in [-0.25, -0.2) is 0 Å². The SMILES string of the molecule is CCOc1cccc(C2CNC(=O)C2)c1O. The van der Waals surface area contributed by atoms with Gasteiger partial charge < -0.3 is 15.2 Å². The van der Waals surface area contributed by atoms with Crippen LogP contribution in [-0.2, 0) is 4.79 Å². The zero-order valence-electron chi connectivity index (χ0n) is 9.19. The van der Waals surface area contributed by atoms with Crippen LogP contribution < -0.4 is 10.1 Å². The molecule has 1 aromatic carbocycles. The molecule has 1 aliphatic rings. The summed E-state index contributed by atoms with van der Waals surface area (Å²) in [6.45, 7) is 2.97. The van der Waals surface area contributed by atoms with Crippen molar-refractivity contribution >= 4 is 5.91 Å². The smallest absolute Gasteiger partial charge is 0.220 e. The fourth-order valence-electron chi connectivity index (χ4n) is 1.97. The highest BCUT2D eigenvalue weighted by Gasteiger charge is 2.26. The number of rotatable bonds is 3. The first-order chi connectivity index (χ1) is 7.72. The van der Waals surface area contributed by atoms with Crippen LogP contribution in [0.2, 0.25) is 0 Å². The van der Waals surface area contributed by atoms with Gasteiger partial charge in [-0.1, -0.05) is 12.1 Å². The Morgan fingerprint density at radius 1 is 1.56 bits per heavy atom. The Morgan fingerprint density at radius 3 is 3.00 bits per heavy atom. The number of carbonyl (C=O) groups excluding carboxylic acids is 1. The highest BCUT2D eigenvalue weighted by atomic mass is 16.5. The Kier molecular flexibility index (Phi) is 2.99.